The number of benzene rings is 1. The van der Waals surface area contributed by atoms with E-state index in [-0.39, 0.29) is 24.0 Å². The van der Waals surface area contributed by atoms with Gasteiger partial charge in [-0.15, -0.1) is 12.4 Å². The molecule has 0 radical (unpaired) electrons. The highest BCUT2D eigenvalue weighted by molar-refractivity contribution is 7.98. The van der Waals surface area contributed by atoms with E-state index in [1.165, 1.54) is 6.07 Å². The number of non-ortho nitro benzene ring substituents is 1. The fourth-order valence-electron chi connectivity index (χ4n) is 2.59. The summed E-state index contributed by atoms with van der Waals surface area (Å²) < 4.78 is 0. The summed E-state index contributed by atoms with van der Waals surface area (Å²) in [7, 11) is 0. The number of nitrogens with zero attached hydrogens (tertiary/aromatic N) is 3. The zero-order valence-electron chi connectivity index (χ0n) is 13.6. The smallest absolute Gasteiger partial charge is 0.271 e. The van der Waals surface area contributed by atoms with Crippen LogP contribution in [0.1, 0.15) is 6.42 Å². The number of nitrogens with two attached hydrogens (primary N) is 1. The molecule has 7 nitrogen and oxygen atoms in total. The Bertz CT molecular complexity index is 567. The summed E-state index contributed by atoms with van der Waals surface area (Å²) in [6.07, 6.45) is 2.68. The molecule has 24 heavy (non-hydrogen) atoms. The molecule has 0 spiro atoms. The van der Waals surface area contributed by atoms with Crippen LogP contribution >= 0.6 is 24.2 Å². The summed E-state index contributed by atoms with van der Waals surface area (Å²) in [6.45, 7) is 2.49. The number of hydrogen-bond donors (Lipinski definition) is 1. The molecule has 1 amide bonds. The normalized spacial score (nSPS) is 15.6. The molecule has 1 saturated heterocycles. The standard InChI is InChI=1S/C15H22N4O3S.ClH/c1-23-10-5-14(16)15(20)18-8-6-17(7-9-18)12-3-2-4-13(11-12)19(21)22;/h2-4,11,14H,5-10,16H2,1H3;1H/t14-;/m0./s1. The van der Waals surface area contributed by atoms with Crippen molar-refractivity contribution < 1.29 is 9.72 Å². The van der Waals surface area contributed by atoms with Gasteiger partial charge in [-0.05, 0) is 24.5 Å². The van der Waals surface area contributed by atoms with E-state index in [0.717, 1.165) is 11.4 Å². The zero-order valence-corrected chi connectivity index (χ0v) is 15.2. The lowest BCUT2D eigenvalue weighted by molar-refractivity contribution is -0.384. The van der Waals surface area contributed by atoms with Crippen molar-refractivity contribution in [3.05, 3.63) is 34.4 Å². The van der Waals surface area contributed by atoms with Crippen LogP contribution in [0.25, 0.3) is 0 Å². The largest absolute Gasteiger partial charge is 0.368 e. The highest BCUT2D eigenvalue weighted by Gasteiger charge is 2.25. The summed E-state index contributed by atoms with van der Waals surface area (Å²) in [4.78, 5) is 26.6. The molecule has 1 aromatic carbocycles. The van der Waals surface area contributed by atoms with Gasteiger partial charge in [-0.1, -0.05) is 6.07 Å². The van der Waals surface area contributed by atoms with Gasteiger partial charge >= 0.3 is 0 Å². The molecule has 0 bridgehead atoms. The predicted molar refractivity (Wildman–Crippen MR) is 100 cm³/mol. The molecule has 1 aliphatic heterocycles. The van der Waals surface area contributed by atoms with Gasteiger partial charge in [-0.3, -0.25) is 14.9 Å². The number of anilines is 1. The van der Waals surface area contributed by atoms with Crippen molar-refractivity contribution >= 4 is 41.5 Å². The van der Waals surface area contributed by atoms with E-state index in [9.17, 15) is 14.9 Å². The number of hydrogen-bond acceptors (Lipinski definition) is 6. The Balaban J connectivity index is 0.00000288. The first-order valence-electron chi connectivity index (χ1n) is 7.55. The number of piperazine rings is 1. The topological polar surface area (TPSA) is 92.7 Å². The van der Waals surface area contributed by atoms with Crippen LogP contribution in [-0.4, -0.2) is 60.0 Å². The SMILES string of the molecule is CSCC[C@H](N)C(=O)N1CCN(c2cccc([N+](=O)[O-])c2)CC1.Cl. The quantitative estimate of drug-likeness (QED) is 0.602. The maximum absolute atomic E-state index is 12.3. The van der Waals surface area contributed by atoms with E-state index in [0.29, 0.717) is 32.6 Å². The first-order chi connectivity index (χ1) is 11.0. The molecule has 0 unspecified atom stereocenters. The molecule has 9 heteroatoms. The van der Waals surface area contributed by atoms with Crippen LogP contribution in [0.5, 0.6) is 0 Å². The van der Waals surface area contributed by atoms with E-state index >= 15 is 0 Å². The number of carbonyl (C=O) groups excluding carboxylic acids is 1. The number of halogens is 1. The maximum atomic E-state index is 12.3. The third-order valence-electron chi connectivity index (χ3n) is 3.95. The van der Waals surface area contributed by atoms with E-state index in [2.05, 4.69) is 4.90 Å². The van der Waals surface area contributed by atoms with Crippen LogP contribution in [0, 0.1) is 10.1 Å². The third kappa shape index (κ3) is 5.25. The minimum atomic E-state index is -0.438. The third-order valence-corrected chi connectivity index (χ3v) is 4.59. The van der Waals surface area contributed by atoms with Crippen molar-refractivity contribution in [3.63, 3.8) is 0 Å². The van der Waals surface area contributed by atoms with Crippen molar-refractivity contribution in [3.8, 4) is 0 Å². The average Bonchev–Trinajstić information content (AvgIpc) is 2.59. The minimum Gasteiger partial charge on any atom is -0.368 e. The molecule has 2 N–H and O–H groups in total. The second-order valence-electron chi connectivity index (χ2n) is 5.48. The monoisotopic (exact) mass is 374 g/mol. The number of nitro groups is 1. The van der Waals surface area contributed by atoms with Crippen molar-refractivity contribution in [2.45, 2.75) is 12.5 Å². The summed E-state index contributed by atoms with van der Waals surface area (Å²) in [6, 6.07) is 6.15. The Kier molecular flexibility index (Phi) is 8.30. The van der Waals surface area contributed by atoms with E-state index in [1.807, 2.05) is 12.3 Å². The fourth-order valence-corrected chi connectivity index (χ4v) is 3.08. The lowest BCUT2D eigenvalue weighted by Gasteiger charge is -2.37. The van der Waals surface area contributed by atoms with Gasteiger partial charge in [0.1, 0.15) is 0 Å². The number of nitro benzene ring substituents is 1. The van der Waals surface area contributed by atoms with E-state index in [1.54, 1.807) is 28.8 Å². The Hall–Kier alpha value is -1.51. The fraction of sp³-hybridized carbons (Fsp3) is 0.533. The number of thioether (sulfide) groups is 1. The van der Waals surface area contributed by atoms with Crippen LogP contribution in [-0.2, 0) is 4.79 Å². The molecular formula is C15H23ClN4O3S. The molecule has 0 aromatic heterocycles. The first-order valence-corrected chi connectivity index (χ1v) is 8.95. The zero-order chi connectivity index (χ0) is 16.8. The van der Waals surface area contributed by atoms with Gasteiger partial charge in [0.25, 0.3) is 5.69 Å². The van der Waals surface area contributed by atoms with Gasteiger partial charge in [-0.25, -0.2) is 0 Å². The molecule has 0 aliphatic carbocycles. The van der Waals surface area contributed by atoms with Gasteiger partial charge in [0.15, 0.2) is 0 Å². The number of rotatable bonds is 6. The second kappa shape index (κ2) is 9.71. The molecule has 1 fully saturated rings. The van der Waals surface area contributed by atoms with Gasteiger partial charge in [0, 0.05) is 44.0 Å². The lowest BCUT2D eigenvalue weighted by atomic mass is 10.1. The number of amides is 1. The molecule has 2 rings (SSSR count). The van der Waals surface area contributed by atoms with Crippen LogP contribution in [0.3, 0.4) is 0 Å². The molecule has 1 heterocycles. The molecule has 0 saturated carbocycles. The molecule has 1 aliphatic rings. The molecular weight excluding hydrogens is 352 g/mol. The van der Waals surface area contributed by atoms with Crippen molar-refractivity contribution in [1.82, 2.24) is 4.90 Å². The highest BCUT2D eigenvalue weighted by Crippen LogP contribution is 2.22. The summed E-state index contributed by atoms with van der Waals surface area (Å²) >= 11 is 1.68. The van der Waals surface area contributed by atoms with Gasteiger partial charge in [0.05, 0.1) is 11.0 Å². The van der Waals surface area contributed by atoms with Crippen LogP contribution in [0.2, 0.25) is 0 Å². The van der Waals surface area contributed by atoms with Gasteiger partial charge < -0.3 is 15.5 Å². The highest BCUT2D eigenvalue weighted by atomic mass is 35.5. The van der Waals surface area contributed by atoms with Crippen molar-refractivity contribution in [1.29, 1.82) is 0 Å². The molecule has 134 valence electrons. The molecule has 1 aromatic rings. The minimum absolute atomic E-state index is 0. The Morgan fingerprint density at radius 2 is 2.04 bits per heavy atom. The second-order valence-corrected chi connectivity index (χ2v) is 6.46. The predicted octanol–water partition coefficient (Wildman–Crippen LogP) is 1.75. The summed E-state index contributed by atoms with van der Waals surface area (Å²) in [5.41, 5.74) is 6.84. The van der Waals surface area contributed by atoms with Crippen LogP contribution < -0.4 is 10.6 Å². The number of carbonyl (C=O) groups is 1. The van der Waals surface area contributed by atoms with Crippen LogP contribution in [0.15, 0.2) is 24.3 Å². The Morgan fingerprint density at radius 1 is 1.38 bits per heavy atom. The van der Waals surface area contributed by atoms with E-state index in [4.69, 9.17) is 5.73 Å². The first kappa shape index (κ1) is 20.5. The Labute approximate surface area is 152 Å². The van der Waals surface area contributed by atoms with E-state index < -0.39 is 11.0 Å². The lowest BCUT2D eigenvalue weighted by Crippen LogP contribution is -2.53. The summed E-state index contributed by atoms with van der Waals surface area (Å²) in [5, 5.41) is 10.9. The van der Waals surface area contributed by atoms with Crippen molar-refractivity contribution in [2.75, 3.05) is 43.1 Å². The van der Waals surface area contributed by atoms with Gasteiger partial charge in [-0.2, -0.15) is 11.8 Å². The maximum Gasteiger partial charge on any atom is 0.271 e. The Morgan fingerprint density at radius 3 is 2.62 bits per heavy atom. The van der Waals surface area contributed by atoms with Crippen molar-refractivity contribution in [2.24, 2.45) is 5.73 Å². The summed E-state index contributed by atoms with van der Waals surface area (Å²) in [5.74, 6) is 0.873. The van der Waals surface area contributed by atoms with Gasteiger partial charge in [0.2, 0.25) is 5.91 Å². The average molecular weight is 375 g/mol. The molecule has 1 atom stereocenters. The van der Waals surface area contributed by atoms with Crippen LogP contribution in [0.4, 0.5) is 11.4 Å².